The highest BCUT2D eigenvalue weighted by atomic mass is 16.5. The SMILES string of the molecule is COc1ccc(-c2nc3ncc(-c4ccco4)cc3n2Cc2ccccc2OC(C)=O)cc1OC. The van der Waals surface area contributed by atoms with Crippen LogP contribution in [0.2, 0.25) is 0 Å². The van der Waals surface area contributed by atoms with E-state index in [1.807, 2.05) is 59.2 Å². The quantitative estimate of drug-likeness (QED) is 0.234. The summed E-state index contributed by atoms with van der Waals surface area (Å²) >= 11 is 0. The van der Waals surface area contributed by atoms with Gasteiger partial charge in [-0.3, -0.25) is 4.79 Å². The molecule has 0 N–H and O–H groups in total. The first-order chi connectivity index (χ1) is 17.1. The molecule has 0 spiro atoms. The van der Waals surface area contributed by atoms with Gasteiger partial charge in [0.15, 0.2) is 17.1 Å². The number of ether oxygens (including phenoxy) is 3. The minimum atomic E-state index is -0.380. The number of carbonyl (C=O) groups excluding carboxylic acids is 1. The van der Waals surface area contributed by atoms with Crippen molar-refractivity contribution in [1.82, 2.24) is 14.5 Å². The summed E-state index contributed by atoms with van der Waals surface area (Å²) in [7, 11) is 3.19. The van der Waals surface area contributed by atoms with E-state index in [1.165, 1.54) is 6.92 Å². The molecule has 5 rings (SSSR count). The number of aromatic nitrogens is 3. The molecule has 3 aromatic heterocycles. The summed E-state index contributed by atoms with van der Waals surface area (Å²) < 4.78 is 24.0. The third-order valence-electron chi connectivity index (χ3n) is 5.61. The van der Waals surface area contributed by atoms with Crippen LogP contribution in [0.5, 0.6) is 17.2 Å². The smallest absolute Gasteiger partial charge is 0.308 e. The summed E-state index contributed by atoms with van der Waals surface area (Å²) in [5.74, 6) is 2.72. The van der Waals surface area contributed by atoms with Crippen LogP contribution in [0.3, 0.4) is 0 Å². The Kier molecular flexibility index (Phi) is 5.93. The maximum absolute atomic E-state index is 11.7. The van der Waals surface area contributed by atoms with Crippen molar-refractivity contribution >= 4 is 17.1 Å². The molecule has 0 aliphatic carbocycles. The lowest BCUT2D eigenvalue weighted by atomic mass is 10.1. The number of nitrogens with zero attached hydrogens (tertiary/aromatic N) is 3. The second-order valence-corrected chi connectivity index (χ2v) is 7.84. The molecular formula is C27H23N3O5. The Balaban J connectivity index is 1.70. The van der Waals surface area contributed by atoms with Crippen molar-refractivity contribution in [3.63, 3.8) is 0 Å². The highest BCUT2D eigenvalue weighted by Crippen LogP contribution is 2.35. The van der Waals surface area contributed by atoms with Crippen molar-refractivity contribution in [2.75, 3.05) is 14.2 Å². The topological polar surface area (TPSA) is 88.6 Å². The normalized spacial score (nSPS) is 10.9. The number of pyridine rings is 1. The van der Waals surface area contributed by atoms with E-state index in [4.69, 9.17) is 23.6 Å². The van der Waals surface area contributed by atoms with Crippen LogP contribution < -0.4 is 14.2 Å². The van der Waals surface area contributed by atoms with Gasteiger partial charge in [0.1, 0.15) is 17.3 Å². The van der Waals surface area contributed by atoms with Gasteiger partial charge in [-0.1, -0.05) is 18.2 Å². The van der Waals surface area contributed by atoms with Gasteiger partial charge in [-0.05, 0) is 42.5 Å². The average Bonchev–Trinajstić information content (AvgIpc) is 3.53. The molecule has 3 heterocycles. The van der Waals surface area contributed by atoms with E-state index in [2.05, 4.69) is 4.98 Å². The van der Waals surface area contributed by atoms with Crippen LogP contribution in [0.25, 0.3) is 33.9 Å². The van der Waals surface area contributed by atoms with Crippen molar-refractivity contribution in [3.05, 3.63) is 78.7 Å². The van der Waals surface area contributed by atoms with E-state index in [0.717, 1.165) is 22.2 Å². The molecule has 35 heavy (non-hydrogen) atoms. The van der Waals surface area contributed by atoms with Crippen LogP contribution in [0, 0.1) is 0 Å². The Hall–Kier alpha value is -4.59. The fraction of sp³-hybridized carbons (Fsp3) is 0.148. The number of hydrogen-bond acceptors (Lipinski definition) is 7. The van der Waals surface area contributed by atoms with Gasteiger partial charge in [0.25, 0.3) is 0 Å². The Morgan fingerprint density at radius 3 is 2.51 bits per heavy atom. The maximum Gasteiger partial charge on any atom is 0.308 e. The van der Waals surface area contributed by atoms with E-state index in [-0.39, 0.29) is 5.97 Å². The van der Waals surface area contributed by atoms with Crippen molar-refractivity contribution in [2.45, 2.75) is 13.5 Å². The number of esters is 1. The molecule has 0 saturated heterocycles. The lowest BCUT2D eigenvalue weighted by molar-refractivity contribution is -0.131. The second-order valence-electron chi connectivity index (χ2n) is 7.84. The van der Waals surface area contributed by atoms with E-state index < -0.39 is 0 Å². The number of fused-ring (bicyclic) bond motifs is 1. The summed E-state index contributed by atoms with van der Waals surface area (Å²) in [4.78, 5) is 21.1. The number of hydrogen-bond donors (Lipinski definition) is 0. The first kappa shape index (κ1) is 22.2. The first-order valence-electron chi connectivity index (χ1n) is 11.0. The lowest BCUT2D eigenvalue weighted by Gasteiger charge is -2.14. The molecule has 0 unspecified atom stereocenters. The van der Waals surface area contributed by atoms with E-state index in [1.54, 1.807) is 32.7 Å². The van der Waals surface area contributed by atoms with Gasteiger partial charge in [0.05, 0.1) is 32.5 Å². The Bertz CT molecular complexity index is 1510. The summed E-state index contributed by atoms with van der Waals surface area (Å²) in [5.41, 5.74) is 3.87. The monoisotopic (exact) mass is 469 g/mol. The van der Waals surface area contributed by atoms with Crippen LogP contribution in [-0.2, 0) is 11.3 Å². The highest BCUT2D eigenvalue weighted by Gasteiger charge is 2.19. The Morgan fingerprint density at radius 2 is 1.77 bits per heavy atom. The number of methoxy groups -OCH3 is 2. The molecular weight excluding hydrogens is 446 g/mol. The molecule has 0 amide bonds. The van der Waals surface area contributed by atoms with E-state index in [9.17, 15) is 4.79 Å². The van der Waals surface area contributed by atoms with Gasteiger partial charge < -0.3 is 23.2 Å². The Morgan fingerprint density at radius 1 is 0.943 bits per heavy atom. The van der Waals surface area contributed by atoms with E-state index >= 15 is 0 Å². The molecule has 0 aliphatic rings. The largest absolute Gasteiger partial charge is 0.493 e. The van der Waals surface area contributed by atoms with Gasteiger partial charge in [0.2, 0.25) is 0 Å². The van der Waals surface area contributed by atoms with Crippen molar-refractivity contribution in [1.29, 1.82) is 0 Å². The van der Waals surface area contributed by atoms with Gasteiger partial charge in [-0.2, -0.15) is 0 Å². The zero-order valence-corrected chi connectivity index (χ0v) is 19.5. The Labute approximate surface area is 201 Å². The molecule has 0 fully saturated rings. The molecule has 2 aromatic carbocycles. The van der Waals surface area contributed by atoms with E-state index in [0.29, 0.717) is 41.0 Å². The fourth-order valence-corrected chi connectivity index (χ4v) is 4.00. The predicted octanol–water partition coefficient (Wildman–Crippen LogP) is 5.35. The molecule has 5 aromatic rings. The summed E-state index contributed by atoms with van der Waals surface area (Å²) in [6, 6.07) is 18.8. The minimum absolute atomic E-state index is 0.380. The van der Waals surface area contributed by atoms with Gasteiger partial charge in [0, 0.05) is 29.8 Å². The molecule has 0 radical (unpaired) electrons. The third kappa shape index (κ3) is 4.33. The summed E-state index contributed by atoms with van der Waals surface area (Å²) in [6.07, 6.45) is 3.37. The van der Waals surface area contributed by atoms with Gasteiger partial charge >= 0.3 is 5.97 Å². The number of carbonyl (C=O) groups is 1. The highest BCUT2D eigenvalue weighted by molar-refractivity contribution is 5.82. The lowest BCUT2D eigenvalue weighted by Crippen LogP contribution is -2.08. The first-order valence-corrected chi connectivity index (χ1v) is 11.0. The van der Waals surface area contributed by atoms with Crippen LogP contribution in [0.1, 0.15) is 12.5 Å². The van der Waals surface area contributed by atoms with Crippen molar-refractivity contribution in [2.24, 2.45) is 0 Å². The third-order valence-corrected chi connectivity index (χ3v) is 5.61. The van der Waals surface area contributed by atoms with Crippen LogP contribution in [0.4, 0.5) is 0 Å². The average molecular weight is 469 g/mol. The number of rotatable bonds is 7. The molecule has 8 heteroatoms. The van der Waals surface area contributed by atoms with Gasteiger partial charge in [-0.25, -0.2) is 9.97 Å². The molecule has 8 nitrogen and oxygen atoms in total. The van der Waals surface area contributed by atoms with Crippen LogP contribution >= 0.6 is 0 Å². The number of furan rings is 1. The fourth-order valence-electron chi connectivity index (χ4n) is 4.00. The molecule has 0 saturated carbocycles. The zero-order chi connectivity index (χ0) is 24.4. The molecule has 0 bridgehead atoms. The summed E-state index contributed by atoms with van der Waals surface area (Å²) in [5, 5.41) is 0. The standard InChI is InChI=1S/C27H23N3O5/c1-17(31)35-23-8-5-4-7-19(23)16-30-21-13-20(22-9-6-12-34-22)15-28-26(21)29-27(30)18-10-11-24(32-2)25(14-18)33-3/h4-15H,16H2,1-3H3. The number of benzene rings is 2. The molecule has 0 atom stereocenters. The van der Waals surface area contributed by atoms with Crippen LogP contribution in [0.15, 0.2) is 77.5 Å². The minimum Gasteiger partial charge on any atom is -0.493 e. The van der Waals surface area contributed by atoms with Gasteiger partial charge in [-0.15, -0.1) is 0 Å². The number of imidazole rings is 1. The molecule has 176 valence electrons. The van der Waals surface area contributed by atoms with Crippen molar-refractivity contribution in [3.8, 4) is 40.0 Å². The van der Waals surface area contributed by atoms with Crippen LogP contribution in [-0.4, -0.2) is 34.7 Å². The number of para-hydroxylation sites is 1. The zero-order valence-electron chi connectivity index (χ0n) is 19.5. The predicted molar refractivity (Wildman–Crippen MR) is 131 cm³/mol. The second kappa shape index (κ2) is 9.34. The maximum atomic E-state index is 11.7. The summed E-state index contributed by atoms with van der Waals surface area (Å²) in [6.45, 7) is 1.78. The molecule has 0 aliphatic heterocycles. The van der Waals surface area contributed by atoms with Crippen molar-refractivity contribution < 1.29 is 23.4 Å².